The van der Waals surface area contributed by atoms with Gasteiger partial charge >= 0.3 is 0 Å². The number of rotatable bonds is 1. The van der Waals surface area contributed by atoms with Crippen molar-refractivity contribution in [3.63, 3.8) is 0 Å². The van der Waals surface area contributed by atoms with Crippen molar-refractivity contribution < 1.29 is 5.11 Å². The Kier molecular flexibility index (Phi) is 3.54. The monoisotopic (exact) mass is 234 g/mol. The molecule has 3 aromatic rings. The van der Waals surface area contributed by atoms with E-state index in [0.717, 1.165) is 20.8 Å². The number of hydrogen-bond acceptors (Lipinski definition) is 3. The van der Waals surface area contributed by atoms with Gasteiger partial charge in [0.15, 0.2) is 0 Å². The Balaban J connectivity index is 0.00000108. The molecular formula is C13H9LiNOS. The fourth-order valence-electron chi connectivity index (χ4n) is 1.64. The molecule has 0 amide bonds. The van der Waals surface area contributed by atoms with Crippen molar-refractivity contribution in [2.75, 3.05) is 0 Å². The first-order valence-electron chi connectivity index (χ1n) is 4.98. The Hall–Kier alpha value is -1.27. The molecule has 0 atom stereocenters. The molecule has 0 bridgehead atoms. The molecule has 0 unspecified atom stereocenters. The van der Waals surface area contributed by atoms with E-state index in [1.165, 1.54) is 0 Å². The third kappa shape index (κ3) is 2.23. The number of nitrogens with zero attached hydrogens (tertiary/aromatic N) is 1. The maximum absolute atomic E-state index is 9.76. The van der Waals surface area contributed by atoms with Crippen LogP contribution in [0, 0.1) is 0 Å². The van der Waals surface area contributed by atoms with Gasteiger partial charge in [0, 0.05) is 18.9 Å². The second kappa shape index (κ2) is 4.93. The van der Waals surface area contributed by atoms with Crippen molar-refractivity contribution in [1.29, 1.82) is 0 Å². The fraction of sp³-hybridized carbons (Fsp3) is 0. The number of thiazole rings is 1. The van der Waals surface area contributed by atoms with Gasteiger partial charge in [-0.1, -0.05) is 24.3 Å². The molecule has 1 aromatic heterocycles. The van der Waals surface area contributed by atoms with E-state index in [9.17, 15) is 5.11 Å². The molecule has 2 aromatic carbocycles. The van der Waals surface area contributed by atoms with Crippen molar-refractivity contribution in [3.05, 3.63) is 48.5 Å². The van der Waals surface area contributed by atoms with Gasteiger partial charge in [0.05, 0.1) is 15.8 Å². The van der Waals surface area contributed by atoms with E-state index in [0.29, 0.717) is 0 Å². The number of aromatic hydroxyl groups is 1. The molecule has 1 N–H and O–H groups in total. The summed E-state index contributed by atoms with van der Waals surface area (Å²) in [6.07, 6.45) is 0. The van der Waals surface area contributed by atoms with Crippen LogP contribution in [0.15, 0.2) is 48.5 Å². The summed E-state index contributed by atoms with van der Waals surface area (Å²) in [4.78, 5) is 4.50. The summed E-state index contributed by atoms with van der Waals surface area (Å²) >= 11 is 1.59. The zero-order chi connectivity index (χ0) is 11.0. The molecule has 0 fully saturated rings. The Morgan fingerprint density at radius 3 is 2.41 bits per heavy atom. The van der Waals surface area contributed by atoms with E-state index >= 15 is 0 Å². The Labute approximate surface area is 115 Å². The summed E-state index contributed by atoms with van der Waals surface area (Å²) < 4.78 is 1.14. The molecule has 3 rings (SSSR count). The molecule has 79 valence electrons. The zero-order valence-electron chi connectivity index (χ0n) is 9.42. The Morgan fingerprint density at radius 1 is 0.941 bits per heavy atom. The van der Waals surface area contributed by atoms with Crippen LogP contribution in [0.5, 0.6) is 5.75 Å². The quantitative estimate of drug-likeness (QED) is 0.655. The number of phenols is 1. The van der Waals surface area contributed by atoms with Gasteiger partial charge in [-0.2, -0.15) is 0 Å². The molecule has 0 saturated heterocycles. The van der Waals surface area contributed by atoms with Crippen molar-refractivity contribution in [2.45, 2.75) is 0 Å². The van der Waals surface area contributed by atoms with Gasteiger partial charge in [0.2, 0.25) is 0 Å². The predicted molar refractivity (Wildman–Crippen MR) is 72.5 cm³/mol. The van der Waals surface area contributed by atoms with E-state index < -0.39 is 0 Å². The number of para-hydroxylation sites is 2. The number of hydrogen-bond donors (Lipinski definition) is 1. The average Bonchev–Trinajstić information content (AvgIpc) is 2.73. The van der Waals surface area contributed by atoms with Crippen LogP contribution in [0.25, 0.3) is 20.8 Å². The van der Waals surface area contributed by atoms with Crippen LogP contribution in [0.3, 0.4) is 0 Å². The number of benzene rings is 2. The first kappa shape index (κ1) is 12.2. The Morgan fingerprint density at radius 2 is 1.65 bits per heavy atom. The molecule has 0 aliphatic carbocycles. The summed E-state index contributed by atoms with van der Waals surface area (Å²) in [5.41, 5.74) is 1.77. The van der Waals surface area contributed by atoms with Gasteiger partial charge in [0.25, 0.3) is 0 Å². The van der Waals surface area contributed by atoms with Gasteiger partial charge in [-0.3, -0.25) is 0 Å². The summed E-state index contributed by atoms with van der Waals surface area (Å²) in [5, 5.41) is 10.6. The number of phenolic OH excluding ortho intramolecular Hbond substituents is 1. The molecule has 0 spiro atoms. The van der Waals surface area contributed by atoms with E-state index in [4.69, 9.17) is 0 Å². The number of fused-ring (bicyclic) bond motifs is 1. The minimum atomic E-state index is 0. The zero-order valence-corrected chi connectivity index (χ0v) is 10.2. The first-order chi connectivity index (χ1) is 7.84. The van der Waals surface area contributed by atoms with Gasteiger partial charge in [-0.15, -0.1) is 11.3 Å². The van der Waals surface area contributed by atoms with Crippen LogP contribution >= 0.6 is 11.3 Å². The maximum atomic E-state index is 9.76. The summed E-state index contributed by atoms with van der Waals surface area (Å²) in [6.45, 7) is 0. The van der Waals surface area contributed by atoms with Gasteiger partial charge < -0.3 is 5.11 Å². The molecule has 2 nitrogen and oxygen atoms in total. The molecule has 0 aliphatic heterocycles. The average molecular weight is 234 g/mol. The van der Waals surface area contributed by atoms with Crippen LogP contribution in [-0.2, 0) is 0 Å². The van der Waals surface area contributed by atoms with Crippen molar-refractivity contribution in [1.82, 2.24) is 4.98 Å². The number of aromatic nitrogens is 1. The topological polar surface area (TPSA) is 33.1 Å². The first-order valence-corrected chi connectivity index (χ1v) is 5.80. The third-order valence-corrected chi connectivity index (χ3v) is 3.50. The molecule has 1 radical (unpaired) electrons. The van der Waals surface area contributed by atoms with E-state index in [1.807, 2.05) is 42.5 Å². The smallest absolute Gasteiger partial charge is 0.128 e. The van der Waals surface area contributed by atoms with E-state index in [2.05, 4.69) is 4.98 Å². The van der Waals surface area contributed by atoms with Crippen LogP contribution < -0.4 is 0 Å². The van der Waals surface area contributed by atoms with E-state index in [1.54, 1.807) is 17.4 Å². The molecule has 17 heavy (non-hydrogen) atoms. The molecule has 0 saturated carbocycles. The SMILES string of the molecule is Oc1ccccc1-c1nc2ccccc2s1.[Li]. The summed E-state index contributed by atoms with van der Waals surface area (Å²) in [6, 6.07) is 15.3. The second-order valence-electron chi connectivity index (χ2n) is 3.50. The Bertz CT molecular complexity index is 617. The maximum Gasteiger partial charge on any atom is 0.128 e. The van der Waals surface area contributed by atoms with Gasteiger partial charge in [-0.25, -0.2) is 4.98 Å². The van der Waals surface area contributed by atoms with Gasteiger partial charge in [-0.05, 0) is 24.3 Å². The summed E-state index contributed by atoms with van der Waals surface area (Å²) in [7, 11) is 0. The van der Waals surface area contributed by atoms with Crippen LogP contribution in [0.1, 0.15) is 0 Å². The molecule has 1 heterocycles. The summed E-state index contributed by atoms with van der Waals surface area (Å²) in [5.74, 6) is 0.279. The third-order valence-electron chi connectivity index (χ3n) is 2.43. The van der Waals surface area contributed by atoms with E-state index in [-0.39, 0.29) is 24.6 Å². The largest absolute Gasteiger partial charge is 0.507 e. The van der Waals surface area contributed by atoms with Crippen molar-refractivity contribution in [2.24, 2.45) is 0 Å². The van der Waals surface area contributed by atoms with Crippen molar-refractivity contribution >= 4 is 40.4 Å². The molecule has 4 heteroatoms. The van der Waals surface area contributed by atoms with Gasteiger partial charge in [0.1, 0.15) is 10.8 Å². The van der Waals surface area contributed by atoms with Crippen LogP contribution in [0.4, 0.5) is 0 Å². The van der Waals surface area contributed by atoms with Crippen LogP contribution in [0.2, 0.25) is 0 Å². The fourth-order valence-corrected chi connectivity index (χ4v) is 2.64. The standard InChI is InChI=1S/C13H9NOS.Li/c15-11-7-3-1-5-9(11)13-14-10-6-2-4-8-12(10)16-13;/h1-8,15H;. The molecular weight excluding hydrogens is 225 g/mol. The second-order valence-corrected chi connectivity index (χ2v) is 4.53. The predicted octanol–water partition coefficient (Wildman–Crippen LogP) is 3.29. The van der Waals surface area contributed by atoms with Crippen molar-refractivity contribution in [3.8, 4) is 16.3 Å². The minimum absolute atomic E-state index is 0. The van der Waals surface area contributed by atoms with Crippen LogP contribution in [-0.4, -0.2) is 29.0 Å². The minimum Gasteiger partial charge on any atom is -0.507 e. The normalized spacial score (nSPS) is 10.1. The molecule has 0 aliphatic rings.